The highest BCUT2D eigenvalue weighted by molar-refractivity contribution is 6.05. The molecule has 2 unspecified atom stereocenters. The first kappa shape index (κ1) is 7.49. The monoisotopic (exact) mass is 166 g/mol. The number of carbonyl (C=O) groups is 2. The van der Waals surface area contributed by atoms with E-state index < -0.39 is 11.8 Å². The van der Waals surface area contributed by atoms with Crippen molar-refractivity contribution in [3.8, 4) is 0 Å². The van der Waals surface area contributed by atoms with Gasteiger partial charge < -0.3 is 10.3 Å². The van der Waals surface area contributed by atoms with Crippen LogP contribution < -0.4 is 0 Å². The fourth-order valence-corrected chi connectivity index (χ4v) is 1.77. The highest BCUT2D eigenvalue weighted by atomic mass is 16.5. The average molecular weight is 166 g/mol. The van der Waals surface area contributed by atoms with Gasteiger partial charge in [0.25, 0.3) is 0 Å². The third kappa shape index (κ3) is 0.814. The van der Waals surface area contributed by atoms with Crippen LogP contribution in [0.2, 0.25) is 0 Å². The standard InChI is InChI=1S/C8H8NO3/c10-7-5-3-1-2-4-6(5)8(11)9(7)12/h1-2,5-6H,3-4H2/q-1. The summed E-state index contributed by atoms with van der Waals surface area (Å²) in [5, 5.41) is 10.9. The Bertz CT molecular complexity index is 245. The Morgan fingerprint density at radius 2 is 1.58 bits per heavy atom. The first-order chi connectivity index (χ1) is 5.72. The van der Waals surface area contributed by atoms with Gasteiger partial charge in [-0.15, -0.1) is 0 Å². The summed E-state index contributed by atoms with van der Waals surface area (Å²) in [6.07, 6.45) is 4.78. The molecule has 1 aliphatic heterocycles. The van der Waals surface area contributed by atoms with Crippen LogP contribution >= 0.6 is 0 Å². The number of fused-ring (bicyclic) bond motifs is 1. The van der Waals surface area contributed by atoms with Crippen molar-refractivity contribution in [3.63, 3.8) is 0 Å². The summed E-state index contributed by atoms with van der Waals surface area (Å²) in [6.45, 7) is 0. The third-order valence-corrected chi connectivity index (χ3v) is 2.47. The van der Waals surface area contributed by atoms with E-state index in [4.69, 9.17) is 0 Å². The zero-order valence-electron chi connectivity index (χ0n) is 6.40. The number of hydroxylamine groups is 2. The van der Waals surface area contributed by atoms with Gasteiger partial charge >= 0.3 is 0 Å². The molecule has 2 atom stereocenters. The van der Waals surface area contributed by atoms with Crippen molar-refractivity contribution >= 4 is 11.8 Å². The minimum Gasteiger partial charge on any atom is -0.750 e. The molecule has 0 aromatic heterocycles. The molecule has 0 aromatic rings. The van der Waals surface area contributed by atoms with Gasteiger partial charge in [-0.05, 0) is 12.8 Å². The molecule has 4 nitrogen and oxygen atoms in total. The summed E-state index contributed by atoms with van der Waals surface area (Å²) in [6, 6.07) is 0. The Hall–Kier alpha value is -1.16. The van der Waals surface area contributed by atoms with Gasteiger partial charge in [-0.25, -0.2) is 0 Å². The maximum Gasteiger partial charge on any atom is 0.222 e. The average Bonchev–Trinajstić information content (AvgIpc) is 2.33. The Morgan fingerprint density at radius 3 is 2.00 bits per heavy atom. The lowest BCUT2D eigenvalue weighted by molar-refractivity contribution is -0.136. The first-order valence-electron chi connectivity index (χ1n) is 3.92. The number of amides is 2. The predicted octanol–water partition coefficient (Wildman–Crippen LogP) is 0.435. The first-order valence-corrected chi connectivity index (χ1v) is 3.92. The molecule has 1 fully saturated rings. The molecule has 0 aromatic carbocycles. The normalized spacial score (nSPS) is 34.2. The van der Waals surface area contributed by atoms with E-state index >= 15 is 0 Å². The zero-order valence-corrected chi connectivity index (χ0v) is 6.40. The van der Waals surface area contributed by atoms with E-state index in [0.717, 1.165) is 0 Å². The Balaban J connectivity index is 2.31. The minimum atomic E-state index is -0.561. The molecule has 0 N–H and O–H groups in total. The topological polar surface area (TPSA) is 60.4 Å². The zero-order chi connectivity index (χ0) is 8.72. The van der Waals surface area contributed by atoms with E-state index in [1.807, 2.05) is 12.2 Å². The Morgan fingerprint density at radius 1 is 1.17 bits per heavy atom. The number of nitrogens with zero attached hydrogens (tertiary/aromatic N) is 1. The number of allylic oxidation sites excluding steroid dienone is 2. The van der Waals surface area contributed by atoms with Crippen LogP contribution in [0.4, 0.5) is 0 Å². The van der Waals surface area contributed by atoms with Crippen molar-refractivity contribution in [1.29, 1.82) is 0 Å². The van der Waals surface area contributed by atoms with Crippen LogP contribution in [-0.4, -0.2) is 16.9 Å². The van der Waals surface area contributed by atoms with Gasteiger partial charge in [0.15, 0.2) is 0 Å². The number of carbonyl (C=O) groups excluding carboxylic acids is 2. The van der Waals surface area contributed by atoms with Gasteiger partial charge in [0, 0.05) is 0 Å². The van der Waals surface area contributed by atoms with E-state index in [1.54, 1.807) is 0 Å². The molecule has 0 saturated carbocycles. The predicted molar refractivity (Wildman–Crippen MR) is 40.6 cm³/mol. The Kier molecular flexibility index (Phi) is 1.51. The Labute approximate surface area is 69.4 Å². The summed E-state index contributed by atoms with van der Waals surface area (Å²) in [7, 11) is 0. The number of hydrogen-bond donors (Lipinski definition) is 0. The van der Waals surface area contributed by atoms with Gasteiger partial charge in [0.1, 0.15) is 0 Å². The van der Waals surface area contributed by atoms with E-state index in [2.05, 4.69) is 0 Å². The molecule has 1 saturated heterocycles. The molecule has 12 heavy (non-hydrogen) atoms. The second-order valence-corrected chi connectivity index (χ2v) is 3.13. The largest absolute Gasteiger partial charge is 0.750 e. The SMILES string of the molecule is O=C1C2CC=CCC2C(=O)N1[O-]. The molecule has 2 amide bonds. The number of hydrogen-bond acceptors (Lipinski definition) is 3. The molecule has 2 rings (SSSR count). The second kappa shape index (κ2) is 2.42. The van der Waals surface area contributed by atoms with E-state index in [9.17, 15) is 14.8 Å². The van der Waals surface area contributed by atoms with Gasteiger partial charge in [-0.1, -0.05) is 12.2 Å². The van der Waals surface area contributed by atoms with E-state index in [0.29, 0.717) is 12.8 Å². The molecule has 4 heteroatoms. The molecule has 1 heterocycles. The molecule has 2 aliphatic rings. The summed E-state index contributed by atoms with van der Waals surface area (Å²) in [5.41, 5.74) is 0. The van der Waals surface area contributed by atoms with Gasteiger partial charge in [-0.2, -0.15) is 0 Å². The molecular weight excluding hydrogens is 158 g/mol. The second-order valence-electron chi connectivity index (χ2n) is 3.13. The molecule has 1 aliphatic carbocycles. The van der Waals surface area contributed by atoms with Gasteiger partial charge in [0.05, 0.1) is 11.8 Å². The minimum absolute atomic E-state index is 0.0162. The highest BCUT2D eigenvalue weighted by Crippen LogP contribution is 2.34. The van der Waals surface area contributed by atoms with Crippen LogP contribution in [0.5, 0.6) is 0 Å². The van der Waals surface area contributed by atoms with E-state index in [-0.39, 0.29) is 16.9 Å². The fraction of sp³-hybridized carbons (Fsp3) is 0.500. The van der Waals surface area contributed by atoms with E-state index in [1.165, 1.54) is 0 Å². The van der Waals surface area contributed by atoms with Crippen molar-refractivity contribution < 1.29 is 9.59 Å². The van der Waals surface area contributed by atoms with Crippen molar-refractivity contribution in [2.75, 3.05) is 0 Å². The van der Waals surface area contributed by atoms with Crippen LogP contribution in [0.1, 0.15) is 12.8 Å². The maximum absolute atomic E-state index is 11.1. The maximum atomic E-state index is 11.1. The number of rotatable bonds is 0. The van der Waals surface area contributed by atoms with Crippen LogP contribution in [0.15, 0.2) is 12.2 Å². The summed E-state index contributed by atoms with van der Waals surface area (Å²) >= 11 is 0. The summed E-state index contributed by atoms with van der Waals surface area (Å²) in [5.74, 6) is -1.87. The van der Waals surface area contributed by atoms with Crippen molar-refractivity contribution in [2.45, 2.75) is 12.8 Å². The highest BCUT2D eigenvalue weighted by Gasteiger charge is 2.42. The third-order valence-electron chi connectivity index (χ3n) is 2.47. The van der Waals surface area contributed by atoms with Gasteiger partial charge in [-0.3, -0.25) is 9.59 Å². The quantitative estimate of drug-likeness (QED) is 0.387. The lowest BCUT2D eigenvalue weighted by atomic mass is 9.85. The molecule has 0 bridgehead atoms. The van der Waals surface area contributed by atoms with Crippen LogP contribution in [0.3, 0.4) is 0 Å². The van der Waals surface area contributed by atoms with Crippen molar-refractivity contribution in [3.05, 3.63) is 17.4 Å². The van der Waals surface area contributed by atoms with Crippen LogP contribution in [-0.2, 0) is 9.59 Å². The molecule has 0 spiro atoms. The smallest absolute Gasteiger partial charge is 0.222 e. The summed E-state index contributed by atoms with van der Waals surface area (Å²) in [4.78, 5) is 22.2. The van der Waals surface area contributed by atoms with Crippen molar-refractivity contribution in [1.82, 2.24) is 5.06 Å². The lowest BCUT2D eigenvalue weighted by Gasteiger charge is -2.18. The number of imide groups is 1. The van der Waals surface area contributed by atoms with Crippen LogP contribution in [0, 0.1) is 17.0 Å². The summed E-state index contributed by atoms with van der Waals surface area (Å²) < 4.78 is 0. The van der Waals surface area contributed by atoms with Crippen LogP contribution in [0.25, 0.3) is 0 Å². The fourth-order valence-electron chi connectivity index (χ4n) is 1.77. The molecule has 64 valence electrons. The molecular formula is C8H8NO3-. The molecule has 0 radical (unpaired) electrons. The van der Waals surface area contributed by atoms with Crippen molar-refractivity contribution in [2.24, 2.45) is 11.8 Å². The lowest BCUT2D eigenvalue weighted by Crippen LogP contribution is -2.24. The van der Waals surface area contributed by atoms with Gasteiger partial charge in [0.2, 0.25) is 11.8 Å².